The van der Waals surface area contributed by atoms with Gasteiger partial charge in [-0.15, -0.1) is 0 Å². The third-order valence-electron chi connectivity index (χ3n) is 2.26. The van der Waals surface area contributed by atoms with Crippen LogP contribution in [0.2, 0.25) is 0 Å². The molecule has 0 saturated heterocycles. The quantitative estimate of drug-likeness (QED) is 0.695. The molecule has 0 unspecified atom stereocenters. The molecule has 0 aliphatic heterocycles. The molecular formula is C12H9F2N. The predicted molar refractivity (Wildman–Crippen MR) is 54.3 cm³/mol. The van der Waals surface area contributed by atoms with Gasteiger partial charge in [0.15, 0.2) is 0 Å². The molecule has 0 amide bonds. The Balaban J connectivity index is 2.60. The van der Waals surface area contributed by atoms with Crippen molar-refractivity contribution >= 4 is 0 Å². The van der Waals surface area contributed by atoms with Gasteiger partial charge in [-0.05, 0) is 31.2 Å². The molecule has 1 nitrogen and oxygen atoms in total. The standard InChI is InChI=1S/C12H9F2N/c1-8-10(13)6-5-9(12(8)14)11-4-2-3-7-15-11/h2-7H,1H3. The van der Waals surface area contributed by atoms with Crippen LogP contribution in [0.25, 0.3) is 11.3 Å². The maximum absolute atomic E-state index is 13.7. The zero-order chi connectivity index (χ0) is 10.8. The minimum absolute atomic E-state index is 0.0261. The van der Waals surface area contributed by atoms with E-state index in [1.807, 2.05) is 0 Å². The third kappa shape index (κ3) is 1.73. The van der Waals surface area contributed by atoms with Gasteiger partial charge in [0.1, 0.15) is 11.6 Å². The van der Waals surface area contributed by atoms with E-state index in [9.17, 15) is 8.78 Å². The van der Waals surface area contributed by atoms with Gasteiger partial charge < -0.3 is 0 Å². The second kappa shape index (κ2) is 3.77. The number of hydrogen-bond acceptors (Lipinski definition) is 1. The number of aromatic nitrogens is 1. The Morgan fingerprint density at radius 1 is 1.07 bits per heavy atom. The first kappa shape index (κ1) is 9.77. The topological polar surface area (TPSA) is 12.9 Å². The van der Waals surface area contributed by atoms with Crippen LogP contribution >= 0.6 is 0 Å². The zero-order valence-corrected chi connectivity index (χ0v) is 8.17. The molecule has 0 aliphatic carbocycles. The number of nitrogens with zero attached hydrogens (tertiary/aromatic N) is 1. The summed E-state index contributed by atoms with van der Waals surface area (Å²) in [6.45, 7) is 1.41. The van der Waals surface area contributed by atoms with Crippen molar-refractivity contribution in [3.05, 3.63) is 53.7 Å². The average molecular weight is 205 g/mol. The van der Waals surface area contributed by atoms with E-state index in [0.717, 1.165) is 0 Å². The lowest BCUT2D eigenvalue weighted by Crippen LogP contribution is -1.93. The lowest BCUT2D eigenvalue weighted by molar-refractivity contribution is 0.570. The van der Waals surface area contributed by atoms with Crippen LogP contribution in [0.3, 0.4) is 0 Å². The maximum Gasteiger partial charge on any atom is 0.138 e. The molecule has 1 heterocycles. The molecule has 0 atom stereocenters. The van der Waals surface area contributed by atoms with Gasteiger partial charge in [0, 0.05) is 17.3 Å². The van der Waals surface area contributed by atoms with Crippen LogP contribution in [0.1, 0.15) is 5.56 Å². The van der Waals surface area contributed by atoms with Crippen molar-refractivity contribution in [1.82, 2.24) is 4.98 Å². The summed E-state index contributed by atoms with van der Waals surface area (Å²) >= 11 is 0. The van der Waals surface area contributed by atoms with Gasteiger partial charge in [0.25, 0.3) is 0 Å². The highest BCUT2D eigenvalue weighted by molar-refractivity contribution is 5.60. The van der Waals surface area contributed by atoms with E-state index in [1.165, 1.54) is 19.1 Å². The summed E-state index contributed by atoms with van der Waals surface area (Å²) < 4.78 is 26.7. The molecule has 2 rings (SSSR count). The molecule has 0 aliphatic rings. The minimum Gasteiger partial charge on any atom is -0.256 e. The highest BCUT2D eigenvalue weighted by Gasteiger charge is 2.11. The van der Waals surface area contributed by atoms with Crippen molar-refractivity contribution in [1.29, 1.82) is 0 Å². The summed E-state index contributed by atoms with van der Waals surface area (Å²) in [5, 5.41) is 0. The van der Waals surface area contributed by atoms with Gasteiger partial charge in [-0.3, -0.25) is 4.98 Å². The number of benzene rings is 1. The molecule has 0 radical (unpaired) electrons. The molecule has 1 aromatic carbocycles. The van der Waals surface area contributed by atoms with Gasteiger partial charge in [-0.1, -0.05) is 6.07 Å². The first-order valence-corrected chi connectivity index (χ1v) is 4.56. The summed E-state index contributed by atoms with van der Waals surface area (Å²) in [4.78, 5) is 4.02. The van der Waals surface area contributed by atoms with E-state index >= 15 is 0 Å². The molecule has 0 N–H and O–H groups in total. The minimum atomic E-state index is -0.547. The monoisotopic (exact) mass is 205 g/mol. The Hall–Kier alpha value is -1.77. The molecule has 2 aromatic rings. The normalized spacial score (nSPS) is 10.3. The van der Waals surface area contributed by atoms with E-state index in [0.29, 0.717) is 11.3 Å². The van der Waals surface area contributed by atoms with Crippen molar-refractivity contribution in [2.75, 3.05) is 0 Å². The van der Waals surface area contributed by atoms with Crippen molar-refractivity contribution in [3.8, 4) is 11.3 Å². The van der Waals surface area contributed by atoms with Crippen molar-refractivity contribution in [3.63, 3.8) is 0 Å². The SMILES string of the molecule is Cc1c(F)ccc(-c2ccccn2)c1F. The molecule has 76 valence electrons. The largest absolute Gasteiger partial charge is 0.256 e. The Labute approximate surface area is 86.4 Å². The van der Waals surface area contributed by atoms with E-state index in [4.69, 9.17) is 0 Å². The number of hydrogen-bond donors (Lipinski definition) is 0. The van der Waals surface area contributed by atoms with Crippen molar-refractivity contribution in [2.24, 2.45) is 0 Å². The van der Waals surface area contributed by atoms with E-state index in [2.05, 4.69) is 4.98 Å². The fourth-order valence-electron chi connectivity index (χ4n) is 1.38. The Bertz CT molecular complexity index is 480. The number of rotatable bonds is 1. The summed E-state index contributed by atoms with van der Waals surface area (Å²) in [6.07, 6.45) is 1.58. The highest BCUT2D eigenvalue weighted by Crippen LogP contribution is 2.24. The third-order valence-corrected chi connectivity index (χ3v) is 2.26. The molecular weight excluding hydrogens is 196 g/mol. The fraction of sp³-hybridized carbons (Fsp3) is 0.0833. The lowest BCUT2D eigenvalue weighted by atomic mass is 10.1. The second-order valence-electron chi connectivity index (χ2n) is 3.25. The summed E-state index contributed by atoms with van der Waals surface area (Å²) in [5.41, 5.74) is 0.866. The van der Waals surface area contributed by atoms with Crippen LogP contribution < -0.4 is 0 Å². The van der Waals surface area contributed by atoms with Gasteiger partial charge in [-0.25, -0.2) is 8.78 Å². The van der Waals surface area contributed by atoms with Gasteiger partial charge >= 0.3 is 0 Å². The van der Waals surface area contributed by atoms with E-state index < -0.39 is 11.6 Å². The van der Waals surface area contributed by atoms with Gasteiger partial charge in [-0.2, -0.15) is 0 Å². The average Bonchev–Trinajstić information content (AvgIpc) is 2.27. The van der Waals surface area contributed by atoms with Gasteiger partial charge in [0.2, 0.25) is 0 Å². The number of halogens is 2. The smallest absolute Gasteiger partial charge is 0.138 e. The van der Waals surface area contributed by atoms with Crippen molar-refractivity contribution < 1.29 is 8.78 Å². The van der Waals surface area contributed by atoms with Crippen LogP contribution in [-0.4, -0.2) is 4.98 Å². The zero-order valence-electron chi connectivity index (χ0n) is 8.17. The first-order valence-electron chi connectivity index (χ1n) is 4.56. The van der Waals surface area contributed by atoms with Gasteiger partial charge in [0.05, 0.1) is 5.69 Å². The lowest BCUT2D eigenvalue weighted by Gasteiger charge is -2.05. The van der Waals surface area contributed by atoms with Crippen LogP contribution in [-0.2, 0) is 0 Å². The Morgan fingerprint density at radius 2 is 1.87 bits per heavy atom. The molecule has 15 heavy (non-hydrogen) atoms. The molecule has 3 heteroatoms. The summed E-state index contributed by atoms with van der Waals surface area (Å²) in [6, 6.07) is 7.86. The second-order valence-corrected chi connectivity index (χ2v) is 3.25. The van der Waals surface area contributed by atoms with E-state index in [-0.39, 0.29) is 5.56 Å². The Kier molecular flexibility index (Phi) is 2.46. The van der Waals surface area contributed by atoms with Crippen LogP contribution in [0.5, 0.6) is 0 Å². The highest BCUT2D eigenvalue weighted by atomic mass is 19.1. The molecule has 0 bridgehead atoms. The van der Waals surface area contributed by atoms with Crippen LogP contribution in [0.4, 0.5) is 8.78 Å². The number of pyridine rings is 1. The van der Waals surface area contributed by atoms with Crippen molar-refractivity contribution in [2.45, 2.75) is 6.92 Å². The maximum atomic E-state index is 13.7. The summed E-state index contributed by atoms with van der Waals surface area (Å²) in [7, 11) is 0. The van der Waals surface area contributed by atoms with Crippen LogP contribution in [0, 0.1) is 18.6 Å². The Morgan fingerprint density at radius 3 is 2.53 bits per heavy atom. The predicted octanol–water partition coefficient (Wildman–Crippen LogP) is 3.34. The molecule has 0 saturated carbocycles. The molecule has 0 spiro atoms. The molecule has 0 fully saturated rings. The first-order chi connectivity index (χ1) is 7.20. The molecule has 1 aromatic heterocycles. The van der Waals surface area contributed by atoms with Crippen LogP contribution in [0.15, 0.2) is 36.5 Å². The fourth-order valence-corrected chi connectivity index (χ4v) is 1.38. The van der Waals surface area contributed by atoms with E-state index in [1.54, 1.807) is 24.4 Å². The summed E-state index contributed by atoms with van der Waals surface area (Å²) in [5.74, 6) is -1.08.